The smallest absolute Gasteiger partial charge is 0.123 e. The van der Waals surface area contributed by atoms with Crippen molar-refractivity contribution in [2.45, 2.75) is 33.2 Å². The average molecular weight is 285 g/mol. The highest BCUT2D eigenvalue weighted by Crippen LogP contribution is 2.24. The number of rotatable bonds is 5. The molecule has 1 N–H and O–H groups in total. The third-order valence-electron chi connectivity index (χ3n) is 3.56. The molecule has 0 aliphatic carbocycles. The molecule has 0 amide bonds. The first kappa shape index (κ1) is 15.7. The van der Waals surface area contributed by atoms with Crippen molar-refractivity contribution < 1.29 is 4.39 Å². The number of nitrogens with one attached hydrogen (secondary N) is 1. The monoisotopic (exact) mass is 285 g/mol. The number of hydrogen-bond donors (Lipinski definition) is 1. The molecule has 0 saturated carbocycles. The minimum Gasteiger partial charge on any atom is -0.306 e. The molecule has 1 atom stereocenters. The molecule has 0 spiro atoms. The molecule has 2 rings (SSSR count). The van der Waals surface area contributed by atoms with Crippen LogP contribution < -0.4 is 5.32 Å². The van der Waals surface area contributed by atoms with Crippen LogP contribution in [-0.4, -0.2) is 6.54 Å². The van der Waals surface area contributed by atoms with Crippen molar-refractivity contribution in [1.82, 2.24) is 5.32 Å². The SMILES string of the molecule is CC(C)(C)CCNC(c1ccccc1)c1ccc(F)cc1. The third-order valence-corrected chi connectivity index (χ3v) is 3.56. The van der Waals surface area contributed by atoms with Gasteiger partial charge in [0.25, 0.3) is 0 Å². The fourth-order valence-corrected chi connectivity index (χ4v) is 2.32. The molecule has 0 heterocycles. The van der Waals surface area contributed by atoms with Crippen molar-refractivity contribution in [2.24, 2.45) is 5.41 Å². The van der Waals surface area contributed by atoms with Crippen LogP contribution in [0.15, 0.2) is 54.6 Å². The largest absolute Gasteiger partial charge is 0.306 e. The molecule has 2 aromatic rings. The van der Waals surface area contributed by atoms with Gasteiger partial charge in [-0.25, -0.2) is 4.39 Å². The molecule has 0 aromatic heterocycles. The molecule has 1 unspecified atom stereocenters. The lowest BCUT2D eigenvalue weighted by molar-refractivity contribution is 0.361. The summed E-state index contributed by atoms with van der Waals surface area (Å²) in [4.78, 5) is 0. The Hall–Kier alpha value is -1.67. The van der Waals surface area contributed by atoms with Crippen molar-refractivity contribution in [1.29, 1.82) is 0 Å². The van der Waals surface area contributed by atoms with E-state index < -0.39 is 0 Å². The van der Waals surface area contributed by atoms with Gasteiger partial charge in [0.2, 0.25) is 0 Å². The fraction of sp³-hybridized carbons (Fsp3) is 0.368. The number of hydrogen-bond acceptors (Lipinski definition) is 1. The second-order valence-electron chi connectivity index (χ2n) is 6.66. The predicted octanol–water partition coefficient (Wildman–Crippen LogP) is 4.94. The van der Waals surface area contributed by atoms with E-state index >= 15 is 0 Å². The average Bonchev–Trinajstić information content (AvgIpc) is 2.45. The van der Waals surface area contributed by atoms with Crippen LogP contribution >= 0.6 is 0 Å². The first-order valence-electron chi connectivity index (χ1n) is 7.49. The Morgan fingerprint density at radius 2 is 1.48 bits per heavy atom. The van der Waals surface area contributed by atoms with Gasteiger partial charge in [0.05, 0.1) is 6.04 Å². The van der Waals surface area contributed by atoms with E-state index in [2.05, 4.69) is 38.2 Å². The molecular formula is C19H24FN. The van der Waals surface area contributed by atoms with E-state index in [-0.39, 0.29) is 11.9 Å². The van der Waals surface area contributed by atoms with Crippen LogP contribution in [-0.2, 0) is 0 Å². The molecule has 21 heavy (non-hydrogen) atoms. The molecular weight excluding hydrogens is 261 g/mol. The molecule has 2 aromatic carbocycles. The Balaban J connectivity index is 2.17. The molecule has 0 aliphatic heterocycles. The van der Waals surface area contributed by atoms with Crippen molar-refractivity contribution in [2.75, 3.05) is 6.54 Å². The fourth-order valence-electron chi connectivity index (χ4n) is 2.32. The zero-order valence-electron chi connectivity index (χ0n) is 13.1. The van der Waals surface area contributed by atoms with Gasteiger partial charge in [-0.15, -0.1) is 0 Å². The molecule has 0 saturated heterocycles. The quantitative estimate of drug-likeness (QED) is 0.820. The molecule has 112 valence electrons. The van der Waals surface area contributed by atoms with Gasteiger partial charge in [0, 0.05) is 0 Å². The molecule has 0 bridgehead atoms. The first-order valence-corrected chi connectivity index (χ1v) is 7.49. The van der Waals surface area contributed by atoms with E-state index in [1.807, 2.05) is 30.3 Å². The van der Waals surface area contributed by atoms with Gasteiger partial charge in [-0.1, -0.05) is 63.2 Å². The van der Waals surface area contributed by atoms with Gasteiger partial charge in [-0.05, 0) is 41.6 Å². The zero-order chi connectivity index (χ0) is 15.3. The lowest BCUT2D eigenvalue weighted by atomic mass is 9.91. The molecule has 0 fully saturated rings. The zero-order valence-corrected chi connectivity index (χ0v) is 13.1. The van der Waals surface area contributed by atoms with Crippen LogP contribution in [0.1, 0.15) is 44.4 Å². The molecule has 0 aliphatic rings. The van der Waals surface area contributed by atoms with Gasteiger partial charge < -0.3 is 5.32 Å². The minimum atomic E-state index is -0.194. The van der Waals surface area contributed by atoms with Crippen LogP contribution in [0, 0.1) is 11.2 Å². The van der Waals surface area contributed by atoms with E-state index in [1.165, 1.54) is 17.7 Å². The van der Waals surface area contributed by atoms with Crippen LogP contribution in [0.5, 0.6) is 0 Å². The highest BCUT2D eigenvalue weighted by Gasteiger charge is 2.15. The summed E-state index contributed by atoms with van der Waals surface area (Å²) in [6.07, 6.45) is 1.09. The molecule has 1 nitrogen and oxygen atoms in total. The highest BCUT2D eigenvalue weighted by atomic mass is 19.1. The highest BCUT2D eigenvalue weighted by molar-refractivity contribution is 5.31. The van der Waals surface area contributed by atoms with E-state index in [9.17, 15) is 4.39 Å². The Morgan fingerprint density at radius 3 is 2.05 bits per heavy atom. The van der Waals surface area contributed by atoms with E-state index in [0.717, 1.165) is 18.5 Å². The van der Waals surface area contributed by atoms with Crippen molar-refractivity contribution in [3.8, 4) is 0 Å². The normalized spacial score (nSPS) is 13.1. The Morgan fingerprint density at radius 1 is 0.905 bits per heavy atom. The molecule has 0 radical (unpaired) electrons. The van der Waals surface area contributed by atoms with E-state index in [4.69, 9.17) is 0 Å². The molecule has 2 heteroatoms. The number of benzene rings is 2. The van der Waals surface area contributed by atoms with Crippen LogP contribution in [0.25, 0.3) is 0 Å². The minimum absolute atomic E-state index is 0.106. The third kappa shape index (κ3) is 4.98. The van der Waals surface area contributed by atoms with E-state index in [1.54, 1.807) is 0 Å². The first-order chi connectivity index (χ1) is 9.96. The summed E-state index contributed by atoms with van der Waals surface area (Å²) in [6.45, 7) is 7.65. The van der Waals surface area contributed by atoms with Gasteiger partial charge in [-0.3, -0.25) is 0 Å². The summed E-state index contributed by atoms with van der Waals surface area (Å²) in [6, 6.07) is 17.2. The topological polar surface area (TPSA) is 12.0 Å². The summed E-state index contributed by atoms with van der Waals surface area (Å²) in [5.74, 6) is -0.194. The van der Waals surface area contributed by atoms with Gasteiger partial charge >= 0.3 is 0 Å². The number of halogens is 1. The standard InChI is InChI=1S/C19H24FN/c1-19(2,3)13-14-21-18(15-7-5-4-6-8-15)16-9-11-17(20)12-10-16/h4-12,18,21H,13-14H2,1-3H3. The van der Waals surface area contributed by atoms with Crippen LogP contribution in [0.4, 0.5) is 4.39 Å². The maximum absolute atomic E-state index is 13.1. The lowest BCUT2D eigenvalue weighted by Gasteiger charge is -2.23. The summed E-state index contributed by atoms with van der Waals surface area (Å²) >= 11 is 0. The van der Waals surface area contributed by atoms with Crippen LogP contribution in [0.2, 0.25) is 0 Å². The van der Waals surface area contributed by atoms with Gasteiger partial charge in [0.1, 0.15) is 5.82 Å². The summed E-state index contributed by atoms with van der Waals surface area (Å²) in [5.41, 5.74) is 2.60. The van der Waals surface area contributed by atoms with Gasteiger partial charge in [0.15, 0.2) is 0 Å². The Kier molecular flexibility index (Phi) is 5.13. The van der Waals surface area contributed by atoms with Crippen molar-refractivity contribution in [3.63, 3.8) is 0 Å². The second kappa shape index (κ2) is 6.86. The summed E-state index contributed by atoms with van der Waals surface area (Å²) < 4.78 is 13.1. The summed E-state index contributed by atoms with van der Waals surface area (Å²) in [5, 5.41) is 3.61. The Bertz CT molecular complexity index is 540. The second-order valence-corrected chi connectivity index (χ2v) is 6.66. The van der Waals surface area contributed by atoms with E-state index in [0.29, 0.717) is 5.41 Å². The Labute approximate surface area is 127 Å². The van der Waals surface area contributed by atoms with Crippen LogP contribution in [0.3, 0.4) is 0 Å². The van der Waals surface area contributed by atoms with Crippen molar-refractivity contribution >= 4 is 0 Å². The maximum Gasteiger partial charge on any atom is 0.123 e. The summed E-state index contributed by atoms with van der Waals surface area (Å²) in [7, 11) is 0. The maximum atomic E-state index is 13.1. The lowest BCUT2D eigenvalue weighted by Crippen LogP contribution is -2.26. The predicted molar refractivity (Wildman–Crippen MR) is 86.8 cm³/mol. The van der Waals surface area contributed by atoms with Gasteiger partial charge in [-0.2, -0.15) is 0 Å². The van der Waals surface area contributed by atoms with Crippen molar-refractivity contribution in [3.05, 3.63) is 71.5 Å².